The zero-order valence-electron chi connectivity index (χ0n) is 11.5. The van der Waals surface area contributed by atoms with Gasteiger partial charge < -0.3 is 0 Å². The van der Waals surface area contributed by atoms with Crippen molar-refractivity contribution in [3.63, 3.8) is 0 Å². The summed E-state index contributed by atoms with van der Waals surface area (Å²) in [5.74, 6) is 1.24. The molecule has 0 fully saturated rings. The van der Waals surface area contributed by atoms with Gasteiger partial charge in [0.25, 0.3) is 0 Å². The second-order valence-electron chi connectivity index (χ2n) is 5.66. The van der Waals surface area contributed by atoms with Crippen LogP contribution in [0.4, 0.5) is 0 Å². The van der Waals surface area contributed by atoms with E-state index in [2.05, 4.69) is 68.1 Å². The maximum absolute atomic E-state index is 4.33. The molecule has 1 aliphatic carbocycles. The Morgan fingerprint density at radius 2 is 1.58 bits per heavy atom. The smallest absolute Gasteiger partial charge is 0.00926 e. The third-order valence-corrected chi connectivity index (χ3v) is 4.32. The van der Waals surface area contributed by atoms with Gasteiger partial charge in [0.1, 0.15) is 0 Å². The van der Waals surface area contributed by atoms with Crippen molar-refractivity contribution in [1.82, 2.24) is 0 Å². The fourth-order valence-corrected chi connectivity index (χ4v) is 3.26. The van der Waals surface area contributed by atoms with Crippen molar-refractivity contribution in [1.29, 1.82) is 0 Å². The van der Waals surface area contributed by atoms with Crippen molar-refractivity contribution in [2.75, 3.05) is 0 Å². The lowest BCUT2D eigenvalue weighted by molar-refractivity contribution is 0.470. The maximum atomic E-state index is 4.33. The van der Waals surface area contributed by atoms with Gasteiger partial charge in [-0.15, -0.1) is 0 Å². The molecule has 96 valence electrons. The summed E-state index contributed by atoms with van der Waals surface area (Å²) in [7, 11) is 0. The Morgan fingerprint density at radius 3 is 2.37 bits per heavy atom. The van der Waals surface area contributed by atoms with Crippen LogP contribution >= 0.6 is 0 Å². The minimum Gasteiger partial charge on any atom is -0.0952 e. The van der Waals surface area contributed by atoms with Crippen molar-refractivity contribution in [2.45, 2.75) is 25.7 Å². The van der Waals surface area contributed by atoms with Crippen LogP contribution in [0.5, 0.6) is 0 Å². The third kappa shape index (κ3) is 2.35. The van der Waals surface area contributed by atoms with Crippen LogP contribution in [-0.4, -0.2) is 0 Å². The number of hydrogen-bond acceptors (Lipinski definition) is 0. The first-order chi connectivity index (χ1) is 9.25. The molecule has 2 atom stereocenters. The molecule has 0 heteroatoms. The molecule has 0 amide bonds. The predicted octanol–water partition coefficient (Wildman–Crippen LogP) is 5.07. The fourth-order valence-electron chi connectivity index (χ4n) is 3.26. The molecule has 2 aromatic rings. The quantitative estimate of drug-likeness (QED) is 0.618. The summed E-state index contributed by atoms with van der Waals surface area (Å²) in [5.41, 5.74) is 5.56. The van der Waals surface area contributed by atoms with Crippen LogP contribution in [0.25, 0.3) is 5.57 Å². The average molecular weight is 248 g/mol. The molecular formula is C19H20. The number of hydrogen-bond donors (Lipinski definition) is 0. The van der Waals surface area contributed by atoms with E-state index in [1.165, 1.54) is 22.3 Å². The van der Waals surface area contributed by atoms with Gasteiger partial charge in [0, 0.05) is 0 Å². The summed E-state index contributed by atoms with van der Waals surface area (Å²) in [6.45, 7) is 6.69. The van der Waals surface area contributed by atoms with Crippen LogP contribution in [0.2, 0.25) is 0 Å². The Morgan fingerprint density at radius 1 is 0.895 bits per heavy atom. The standard InChI is InChI=1S/C19H20/c1-14-12-17-10-6-7-11-18(17)15(2)13-19(14)16-8-4-3-5-9-16/h3-11,14,19H,2,12-13H2,1H3. The third-order valence-electron chi connectivity index (χ3n) is 4.32. The molecule has 1 aliphatic rings. The topological polar surface area (TPSA) is 0 Å². The van der Waals surface area contributed by atoms with E-state index < -0.39 is 0 Å². The number of benzene rings is 2. The monoisotopic (exact) mass is 248 g/mol. The van der Waals surface area contributed by atoms with E-state index in [-0.39, 0.29) is 0 Å². The Balaban J connectivity index is 1.98. The minimum atomic E-state index is 0.584. The van der Waals surface area contributed by atoms with Crippen molar-refractivity contribution >= 4 is 5.57 Å². The van der Waals surface area contributed by atoms with Gasteiger partial charge in [0.15, 0.2) is 0 Å². The first kappa shape index (κ1) is 12.2. The second kappa shape index (κ2) is 5.05. The van der Waals surface area contributed by atoms with Crippen molar-refractivity contribution in [3.05, 3.63) is 77.9 Å². The van der Waals surface area contributed by atoms with E-state index >= 15 is 0 Å². The highest BCUT2D eigenvalue weighted by atomic mass is 14.3. The molecule has 0 heterocycles. The van der Waals surface area contributed by atoms with Crippen molar-refractivity contribution in [3.8, 4) is 0 Å². The lowest BCUT2D eigenvalue weighted by atomic mass is 9.82. The minimum absolute atomic E-state index is 0.584. The van der Waals surface area contributed by atoms with Gasteiger partial charge >= 0.3 is 0 Å². The van der Waals surface area contributed by atoms with Crippen LogP contribution in [0.15, 0.2) is 61.2 Å². The first-order valence-corrected chi connectivity index (χ1v) is 7.06. The number of allylic oxidation sites excluding steroid dienone is 1. The van der Waals surface area contributed by atoms with Crippen LogP contribution in [0, 0.1) is 5.92 Å². The van der Waals surface area contributed by atoms with E-state index in [1.807, 2.05) is 0 Å². The summed E-state index contributed by atoms with van der Waals surface area (Å²) in [6.07, 6.45) is 2.22. The number of fused-ring (bicyclic) bond motifs is 1. The normalized spacial score (nSPS) is 22.7. The molecule has 0 N–H and O–H groups in total. The van der Waals surface area contributed by atoms with Gasteiger partial charge in [0.05, 0.1) is 0 Å². The molecule has 0 saturated heterocycles. The summed E-state index contributed by atoms with van der Waals surface area (Å²) < 4.78 is 0. The highest BCUT2D eigenvalue weighted by molar-refractivity contribution is 5.68. The van der Waals surface area contributed by atoms with E-state index in [1.54, 1.807) is 0 Å². The Hall–Kier alpha value is -1.82. The van der Waals surface area contributed by atoms with E-state index in [0.29, 0.717) is 11.8 Å². The number of rotatable bonds is 1. The van der Waals surface area contributed by atoms with Gasteiger partial charge in [-0.25, -0.2) is 0 Å². The molecule has 2 aromatic carbocycles. The molecule has 3 rings (SSSR count). The molecular weight excluding hydrogens is 228 g/mol. The van der Waals surface area contributed by atoms with Gasteiger partial charge in [0.2, 0.25) is 0 Å². The Kier molecular flexibility index (Phi) is 3.25. The zero-order chi connectivity index (χ0) is 13.2. The van der Waals surface area contributed by atoms with Crippen molar-refractivity contribution in [2.24, 2.45) is 5.92 Å². The Bertz CT molecular complexity index is 580. The zero-order valence-corrected chi connectivity index (χ0v) is 11.5. The lowest BCUT2D eigenvalue weighted by Gasteiger charge is -2.22. The molecule has 19 heavy (non-hydrogen) atoms. The van der Waals surface area contributed by atoms with E-state index in [4.69, 9.17) is 0 Å². The van der Waals surface area contributed by atoms with Gasteiger partial charge in [-0.1, -0.05) is 68.1 Å². The molecule has 0 saturated carbocycles. The van der Waals surface area contributed by atoms with E-state index in [9.17, 15) is 0 Å². The van der Waals surface area contributed by atoms with Crippen molar-refractivity contribution < 1.29 is 0 Å². The predicted molar refractivity (Wildman–Crippen MR) is 82.1 cm³/mol. The first-order valence-electron chi connectivity index (χ1n) is 7.06. The van der Waals surface area contributed by atoms with Crippen LogP contribution in [0.3, 0.4) is 0 Å². The molecule has 0 aromatic heterocycles. The highest BCUT2D eigenvalue weighted by Gasteiger charge is 2.25. The van der Waals surface area contributed by atoms with Crippen LogP contribution in [0.1, 0.15) is 36.0 Å². The molecule has 2 unspecified atom stereocenters. The highest BCUT2D eigenvalue weighted by Crippen LogP contribution is 2.40. The summed E-state index contributed by atoms with van der Waals surface area (Å²) in [5, 5.41) is 0. The molecule has 0 radical (unpaired) electrons. The Labute approximate surface area is 115 Å². The average Bonchev–Trinajstić information content (AvgIpc) is 2.57. The molecule has 0 spiro atoms. The largest absolute Gasteiger partial charge is 0.0952 e. The summed E-state index contributed by atoms with van der Waals surface area (Å²) in [6, 6.07) is 19.6. The van der Waals surface area contributed by atoms with Gasteiger partial charge in [-0.3, -0.25) is 0 Å². The molecule has 0 aliphatic heterocycles. The molecule has 0 nitrogen and oxygen atoms in total. The summed E-state index contributed by atoms with van der Waals surface area (Å²) >= 11 is 0. The van der Waals surface area contributed by atoms with Gasteiger partial charge in [-0.05, 0) is 46.9 Å². The van der Waals surface area contributed by atoms with Crippen LogP contribution < -0.4 is 0 Å². The lowest BCUT2D eigenvalue weighted by Crippen LogP contribution is -2.10. The van der Waals surface area contributed by atoms with Gasteiger partial charge in [-0.2, -0.15) is 0 Å². The van der Waals surface area contributed by atoms with E-state index in [0.717, 1.165) is 12.8 Å². The molecule has 0 bridgehead atoms. The second-order valence-corrected chi connectivity index (χ2v) is 5.66. The SMILES string of the molecule is C=C1CC(c2ccccc2)C(C)Cc2ccccc21. The fraction of sp³-hybridized carbons (Fsp3) is 0.263. The maximum Gasteiger partial charge on any atom is -0.00926 e. The summed E-state index contributed by atoms with van der Waals surface area (Å²) in [4.78, 5) is 0. The van der Waals surface area contributed by atoms with Crippen LogP contribution in [-0.2, 0) is 6.42 Å².